The number of nitrogens with zero attached hydrogens (tertiary/aromatic N) is 2. The third-order valence-electron chi connectivity index (χ3n) is 3.24. The second-order valence-corrected chi connectivity index (χ2v) is 6.82. The van der Waals surface area contributed by atoms with Crippen molar-refractivity contribution in [2.24, 2.45) is 5.16 Å². The lowest BCUT2D eigenvalue weighted by atomic mass is 10.0. The Bertz CT molecular complexity index is 903. The van der Waals surface area contributed by atoms with Gasteiger partial charge in [0, 0.05) is 18.7 Å². The van der Waals surface area contributed by atoms with Gasteiger partial charge in [0.05, 0.1) is 5.56 Å². The van der Waals surface area contributed by atoms with E-state index in [1.807, 2.05) is 0 Å². The molecule has 0 unspecified atom stereocenters. The van der Waals surface area contributed by atoms with Gasteiger partial charge in [-0.2, -0.15) is 13.2 Å². The molecule has 6 nitrogen and oxygen atoms in total. The molecule has 28 heavy (non-hydrogen) atoms. The summed E-state index contributed by atoms with van der Waals surface area (Å²) in [5.41, 5.74) is -2.31. The van der Waals surface area contributed by atoms with E-state index in [1.54, 1.807) is 20.8 Å². The topological polar surface area (TPSA) is 81.0 Å². The summed E-state index contributed by atoms with van der Waals surface area (Å²) < 4.78 is 44.5. The first-order valence-corrected chi connectivity index (χ1v) is 8.19. The summed E-state index contributed by atoms with van der Waals surface area (Å²) in [5.74, 6) is -1.16. The van der Waals surface area contributed by atoms with Gasteiger partial charge in [-0.3, -0.25) is 9.78 Å². The lowest BCUT2D eigenvalue weighted by Gasteiger charge is -2.18. The zero-order valence-corrected chi connectivity index (χ0v) is 15.7. The molecule has 1 aromatic heterocycles. The molecule has 2 aromatic rings. The van der Waals surface area contributed by atoms with E-state index in [0.29, 0.717) is 0 Å². The number of halogens is 3. The number of phenolic OH excluding ortho intramolecular Hbond substituents is 1. The first kappa shape index (κ1) is 21.2. The Morgan fingerprint density at radius 3 is 2.43 bits per heavy atom. The minimum atomic E-state index is -4.64. The molecule has 0 aliphatic carbocycles. The molecule has 0 saturated heterocycles. The molecule has 0 spiro atoms. The van der Waals surface area contributed by atoms with Gasteiger partial charge in [0.25, 0.3) is 0 Å². The number of esters is 1. The van der Waals surface area contributed by atoms with E-state index in [-0.39, 0.29) is 22.7 Å². The summed E-state index contributed by atoms with van der Waals surface area (Å²) in [6, 6.07) is 5.26. The number of hydrogen-bond donors (Lipinski definition) is 1. The Kier molecular flexibility index (Phi) is 5.96. The molecule has 0 aliphatic heterocycles. The second-order valence-electron chi connectivity index (χ2n) is 6.82. The highest BCUT2D eigenvalue weighted by Crippen LogP contribution is 2.34. The summed E-state index contributed by atoms with van der Waals surface area (Å²) in [6.07, 6.45) is -3.29. The molecule has 150 valence electrons. The number of aromatic hydroxyl groups is 1. The van der Waals surface area contributed by atoms with E-state index in [1.165, 1.54) is 25.3 Å². The van der Waals surface area contributed by atoms with E-state index in [2.05, 4.69) is 10.1 Å². The highest BCUT2D eigenvalue weighted by Gasteiger charge is 2.32. The SMILES string of the molecule is CC(=O)Oc1cccnc1C(=NOC(C)(C)C)c1cc(C(F)(F)F)ccc1O. The van der Waals surface area contributed by atoms with Crippen LogP contribution in [0.15, 0.2) is 41.7 Å². The van der Waals surface area contributed by atoms with Crippen molar-refractivity contribution in [3.05, 3.63) is 53.3 Å². The molecule has 0 bridgehead atoms. The minimum Gasteiger partial charge on any atom is -0.507 e. The number of rotatable bonds is 4. The zero-order chi connectivity index (χ0) is 21.1. The average Bonchev–Trinajstić information content (AvgIpc) is 2.55. The van der Waals surface area contributed by atoms with Crippen LogP contribution in [0.25, 0.3) is 0 Å². The van der Waals surface area contributed by atoms with Gasteiger partial charge in [-0.1, -0.05) is 5.16 Å². The van der Waals surface area contributed by atoms with Crippen molar-refractivity contribution >= 4 is 11.7 Å². The molecule has 0 fully saturated rings. The number of carbonyl (C=O) groups is 1. The van der Waals surface area contributed by atoms with Crippen LogP contribution in [0.1, 0.15) is 44.5 Å². The number of alkyl halides is 3. The number of oxime groups is 1. The predicted molar refractivity (Wildman–Crippen MR) is 95.1 cm³/mol. The Labute approximate surface area is 159 Å². The highest BCUT2D eigenvalue weighted by molar-refractivity contribution is 6.14. The molecule has 1 heterocycles. The largest absolute Gasteiger partial charge is 0.507 e. The highest BCUT2D eigenvalue weighted by atomic mass is 19.4. The van der Waals surface area contributed by atoms with Gasteiger partial charge in [-0.05, 0) is 51.1 Å². The predicted octanol–water partition coefficient (Wildman–Crippen LogP) is 4.30. The van der Waals surface area contributed by atoms with Crippen LogP contribution in [0.4, 0.5) is 13.2 Å². The fourth-order valence-electron chi connectivity index (χ4n) is 2.11. The van der Waals surface area contributed by atoms with Gasteiger partial charge >= 0.3 is 12.1 Å². The summed E-state index contributed by atoms with van der Waals surface area (Å²) >= 11 is 0. The summed E-state index contributed by atoms with van der Waals surface area (Å²) in [6.45, 7) is 6.23. The van der Waals surface area contributed by atoms with Crippen molar-refractivity contribution in [3.63, 3.8) is 0 Å². The smallest absolute Gasteiger partial charge is 0.416 e. The number of phenols is 1. The fourth-order valence-corrected chi connectivity index (χ4v) is 2.11. The first-order valence-electron chi connectivity index (χ1n) is 8.19. The molecular formula is C19H19F3N2O4. The van der Waals surface area contributed by atoms with Crippen molar-refractivity contribution < 1.29 is 32.6 Å². The minimum absolute atomic E-state index is 0.0388. The maximum Gasteiger partial charge on any atom is 0.416 e. The van der Waals surface area contributed by atoms with Gasteiger partial charge in [-0.25, -0.2) is 0 Å². The molecule has 1 N–H and O–H groups in total. The summed E-state index contributed by atoms with van der Waals surface area (Å²) in [5, 5.41) is 14.1. The summed E-state index contributed by atoms with van der Waals surface area (Å²) in [7, 11) is 0. The van der Waals surface area contributed by atoms with E-state index < -0.39 is 29.1 Å². The van der Waals surface area contributed by atoms with Gasteiger partial charge in [0.15, 0.2) is 5.75 Å². The number of benzene rings is 1. The lowest BCUT2D eigenvalue weighted by Crippen LogP contribution is -2.19. The van der Waals surface area contributed by atoms with Crippen molar-refractivity contribution in [1.29, 1.82) is 0 Å². The first-order chi connectivity index (χ1) is 12.9. The van der Waals surface area contributed by atoms with Gasteiger partial charge in [0.1, 0.15) is 22.8 Å². The molecule has 0 atom stereocenters. The van der Waals surface area contributed by atoms with Crippen molar-refractivity contribution in [1.82, 2.24) is 4.98 Å². The molecular weight excluding hydrogens is 377 g/mol. The number of pyridine rings is 1. The molecule has 0 saturated carbocycles. The molecule has 0 radical (unpaired) electrons. The zero-order valence-electron chi connectivity index (χ0n) is 15.7. The van der Waals surface area contributed by atoms with Crippen LogP contribution in [-0.2, 0) is 15.8 Å². The average molecular weight is 396 g/mol. The van der Waals surface area contributed by atoms with Crippen molar-refractivity contribution in [2.75, 3.05) is 0 Å². The van der Waals surface area contributed by atoms with Crippen molar-refractivity contribution in [2.45, 2.75) is 39.5 Å². The van der Waals surface area contributed by atoms with E-state index in [9.17, 15) is 23.1 Å². The number of ether oxygens (including phenoxy) is 1. The molecule has 0 amide bonds. The van der Waals surface area contributed by atoms with Crippen LogP contribution in [-0.4, -0.2) is 27.4 Å². The molecule has 1 aromatic carbocycles. The number of carbonyl (C=O) groups excluding carboxylic acids is 1. The second kappa shape index (κ2) is 7.87. The van der Waals surface area contributed by atoms with E-state index in [0.717, 1.165) is 18.2 Å². The van der Waals surface area contributed by atoms with Crippen LogP contribution in [0, 0.1) is 0 Å². The van der Waals surface area contributed by atoms with E-state index in [4.69, 9.17) is 9.57 Å². The van der Waals surface area contributed by atoms with Crippen LogP contribution in [0.3, 0.4) is 0 Å². The van der Waals surface area contributed by atoms with E-state index >= 15 is 0 Å². The standard InChI is InChI=1S/C19H19F3N2O4/c1-11(25)27-15-6-5-9-23-17(15)16(24-28-18(2,3)4)13-10-12(19(20,21)22)7-8-14(13)26/h5-10,26H,1-4H3. The molecule has 9 heteroatoms. The number of hydrogen-bond acceptors (Lipinski definition) is 6. The third-order valence-corrected chi connectivity index (χ3v) is 3.24. The Morgan fingerprint density at radius 1 is 1.18 bits per heavy atom. The van der Waals surface area contributed by atoms with Crippen LogP contribution in [0.5, 0.6) is 11.5 Å². The maximum absolute atomic E-state index is 13.2. The van der Waals surface area contributed by atoms with Gasteiger partial charge in [-0.15, -0.1) is 0 Å². The lowest BCUT2D eigenvalue weighted by molar-refractivity contribution is -0.137. The Hall–Kier alpha value is -3.10. The Balaban J connectivity index is 2.71. The van der Waals surface area contributed by atoms with Gasteiger partial charge < -0.3 is 14.7 Å². The summed E-state index contributed by atoms with van der Waals surface area (Å²) in [4.78, 5) is 20.8. The normalized spacial score (nSPS) is 12.6. The fraction of sp³-hybridized carbons (Fsp3) is 0.316. The molecule has 2 rings (SSSR count). The monoisotopic (exact) mass is 396 g/mol. The van der Waals surface area contributed by atoms with Crippen LogP contribution >= 0.6 is 0 Å². The molecule has 0 aliphatic rings. The maximum atomic E-state index is 13.2. The quantitative estimate of drug-likeness (QED) is 0.474. The van der Waals surface area contributed by atoms with Crippen LogP contribution in [0.2, 0.25) is 0 Å². The number of aromatic nitrogens is 1. The van der Waals surface area contributed by atoms with Crippen molar-refractivity contribution in [3.8, 4) is 11.5 Å². The Morgan fingerprint density at radius 2 is 1.86 bits per heavy atom. The van der Waals surface area contributed by atoms with Crippen LogP contribution < -0.4 is 4.74 Å². The van der Waals surface area contributed by atoms with Gasteiger partial charge in [0.2, 0.25) is 0 Å². The third kappa shape index (κ3) is 5.45.